The van der Waals surface area contributed by atoms with Crippen LogP contribution in [0, 0.1) is 23.7 Å². The van der Waals surface area contributed by atoms with Crippen LogP contribution in [-0.2, 0) is 18.0 Å². The van der Waals surface area contributed by atoms with Gasteiger partial charge < -0.3 is 18.0 Å². The Kier molecular flexibility index (Phi) is 15.1. The van der Waals surface area contributed by atoms with Crippen LogP contribution in [0.3, 0.4) is 0 Å². The van der Waals surface area contributed by atoms with Gasteiger partial charge in [-0.15, -0.1) is 0 Å². The summed E-state index contributed by atoms with van der Waals surface area (Å²) in [5, 5.41) is 0. The van der Waals surface area contributed by atoms with Crippen LogP contribution >= 0.6 is 0 Å². The van der Waals surface area contributed by atoms with Crippen molar-refractivity contribution in [3.8, 4) is 0 Å². The maximum absolute atomic E-state index is 6.28. The van der Waals surface area contributed by atoms with Gasteiger partial charge in [-0.1, -0.05) is 39.0 Å². The van der Waals surface area contributed by atoms with Crippen LogP contribution in [0.2, 0.25) is 5.54 Å². The summed E-state index contributed by atoms with van der Waals surface area (Å²) in [6, 6.07) is 0. The predicted molar refractivity (Wildman–Crippen MR) is 157 cm³/mol. The van der Waals surface area contributed by atoms with Gasteiger partial charge in [-0.25, -0.2) is 0 Å². The molecule has 0 spiro atoms. The van der Waals surface area contributed by atoms with Crippen LogP contribution in [0.25, 0.3) is 0 Å². The number of hydrogen-bond acceptors (Lipinski definition) is 4. The van der Waals surface area contributed by atoms with Crippen LogP contribution in [0.15, 0.2) is 0 Å². The Morgan fingerprint density at radius 2 is 0.892 bits per heavy atom. The van der Waals surface area contributed by atoms with Gasteiger partial charge in [-0.3, -0.25) is 0 Å². The second kappa shape index (κ2) is 17.7. The number of hydrogen-bond donors (Lipinski definition) is 0. The van der Waals surface area contributed by atoms with Gasteiger partial charge in [-0.05, 0) is 128 Å². The van der Waals surface area contributed by atoms with E-state index < -0.39 is 8.80 Å². The molecule has 0 N–H and O–H groups in total. The van der Waals surface area contributed by atoms with Crippen LogP contribution < -0.4 is 0 Å². The van der Waals surface area contributed by atoms with Crippen molar-refractivity contribution in [2.75, 3.05) is 26.4 Å². The van der Waals surface area contributed by atoms with Crippen molar-refractivity contribution in [2.45, 2.75) is 155 Å². The average Bonchev–Trinajstić information content (AvgIpc) is 2.93. The molecule has 0 saturated heterocycles. The molecule has 0 aromatic rings. The van der Waals surface area contributed by atoms with Crippen molar-refractivity contribution in [1.82, 2.24) is 0 Å². The third-order valence-electron chi connectivity index (χ3n) is 10.0. The standard InChI is InChI=1S/C32H62O4Si/c1-5-9-10-11-12-13-26-33-31-22-18-29(19-23-31)27-14-16-28(17-15-27)30-20-24-32(25-21-30)37(34-6-2,35-7-3)36-8-4/h27-32H,5-26H2,1-4H3. The van der Waals surface area contributed by atoms with E-state index in [0.29, 0.717) is 31.5 Å². The average molecular weight is 539 g/mol. The lowest BCUT2D eigenvalue weighted by Gasteiger charge is -2.43. The molecular weight excluding hydrogens is 476 g/mol. The molecule has 0 atom stereocenters. The van der Waals surface area contributed by atoms with E-state index in [2.05, 4.69) is 27.7 Å². The summed E-state index contributed by atoms with van der Waals surface area (Å²) in [5.74, 6) is 3.83. The molecule has 3 saturated carbocycles. The zero-order valence-electron chi connectivity index (χ0n) is 25.2. The molecule has 0 radical (unpaired) electrons. The van der Waals surface area contributed by atoms with Gasteiger partial charge in [0.05, 0.1) is 6.10 Å². The molecule has 3 aliphatic carbocycles. The maximum atomic E-state index is 6.28. The topological polar surface area (TPSA) is 36.9 Å². The predicted octanol–water partition coefficient (Wildman–Crippen LogP) is 9.34. The van der Waals surface area contributed by atoms with E-state index in [9.17, 15) is 0 Å². The zero-order chi connectivity index (χ0) is 26.3. The molecule has 5 heteroatoms. The molecule has 4 nitrogen and oxygen atoms in total. The lowest BCUT2D eigenvalue weighted by atomic mass is 9.66. The molecule has 0 aromatic carbocycles. The second-order valence-electron chi connectivity index (χ2n) is 12.4. The molecule has 0 bridgehead atoms. The molecular formula is C32H62O4Si. The van der Waals surface area contributed by atoms with E-state index in [4.69, 9.17) is 18.0 Å². The quantitative estimate of drug-likeness (QED) is 0.136. The van der Waals surface area contributed by atoms with Gasteiger partial charge in [-0.2, -0.15) is 0 Å². The fourth-order valence-electron chi connectivity index (χ4n) is 7.97. The third-order valence-corrected chi connectivity index (χ3v) is 13.7. The molecule has 0 heterocycles. The lowest BCUT2D eigenvalue weighted by molar-refractivity contribution is 0.00375. The molecule has 218 valence electrons. The Morgan fingerprint density at radius 3 is 1.35 bits per heavy atom. The first-order valence-electron chi connectivity index (χ1n) is 16.7. The maximum Gasteiger partial charge on any atom is 0.504 e. The second-order valence-corrected chi connectivity index (χ2v) is 15.3. The molecule has 37 heavy (non-hydrogen) atoms. The smallest absolute Gasteiger partial charge is 0.378 e. The summed E-state index contributed by atoms with van der Waals surface area (Å²) in [4.78, 5) is 0. The normalized spacial score (nSPS) is 31.5. The minimum atomic E-state index is -2.54. The van der Waals surface area contributed by atoms with Gasteiger partial charge in [0.2, 0.25) is 0 Å². The lowest BCUT2D eigenvalue weighted by Crippen LogP contribution is -2.51. The van der Waals surface area contributed by atoms with Gasteiger partial charge in [0.15, 0.2) is 0 Å². The highest BCUT2D eigenvalue weighted by Gasteiger charge is 2.50. The highest BCUT2D eigenvalue weighted by molar-refractivity contribution is 6.62. The summed E-state index contributed by atoms with van der Waals surface area (Å²) in [5.41, 5.74) is 0.499. The Balaban J connectivity index is 1.32. The van der Waals surface area contributed by atoms with Crippen molar-refractivity contribution in [2.24, 2.45) is 23.7 Å². The SMILES string of the molecule is CCCCCCCCOC1CCC(C2CCC(C3CCC([Si](OCC)(OCC)OCC)CC3)CC2)CC1. The number of rotatable bonds is 17. The van der Waals surface area contributed by atoms with Crippen molar-refractivity contribution >= 4 is 8.80 Å². The fraction of sp³-hybridized carbons (Fsp3) is 1.00. The molecule has 0 aliphatic heterocycles. The molecule has 0 aromatic heterocycles. The third kappa shape index (κ3) is 9.88. The van der Waals surface area contributed by atoms with Crippen molar-refractivity contribution in [1.29, 1.82) is 0 Å². The van der Waals surface area contributed by atoms with Crippen LogP contribution in [-0.4, -0.2) is 41.3 Å². The van der Waals surface area contributed by atoms with Gasteiger partial charge >= 0.3 is 8.80 Å². The van der Waals surface area contributed by atoms with Crippen LogP contribution in [0.5, 0.6) is 0 Å². The summed E-state index contributed by atoms with van der Waals surface area (Å²) in [6.45, 7) is 11.6. The van der Waals surface area contributed by atoms with E-state index in [1.807, 2.05) is 0 Å². The van der Waals surface area contributed by atoms with E-state index in [0.717, 1.165) is 30.3 Å². The van der Waals surface area contributed by atoms with Crippen LogP contribution in [0.1, 0.15) is 143 Å². The number of ether oxygens (including phenoxy) is 1. The highest BCUT2D eigenvalue weighted by atomic mass is 28.4. The van der Waals surface area contributed by atoms with Gasteiger partial charge in [0.1, 0.15) is 0 Å². The van der Waals surface area contributed by atoms with Crippen molar-refractivity contribution in [3.05, 3.63) is 0 Å². The highest BCUT2D eigenvalue weighted by Crippen LogP contribution is 2.48. The number of unbranched alkanes of at least 4 members (excludes halogenated alkanes) is 5. The summed E-state index contributed by atoms with van der Waals surface area (Å²) in [7, 11) is -2.54. The van der Waals surface area contributed by atoms with E-state index in [1.165, 1.54) is 116 Å². The Morgan fingerprint density at radius 1 is 0.486 bits per heavy atom. The largest absolute Gasteiger partial charge is 0.504 e. The van der Waals surface area contributed by atoms with Gasteiger partial charge in [0.25, 0.3) is 0 Å². The minimum absolute atomic E-state index is 0.499. The Labute approximate surface area is 231 Å². The van der Waals surface area contributed by atoms with Crippen molar-refractivity contribution < 1.29 is 18.0 Å². The van der Waals surface area contributed by atoms with Crippen molar-refractivity contribution in [3.63, 3.8) is 0 Å². The zero-order valence-corrected chi connectivity index (χ0v) is 26.2. The summed E-state index contributed by atoms with van der Waals surface area (Å²) < 4.78 is 25.0. The van der Waals surface area contributed by atoms with E-state index in [-0.39, 0.29) is 0 Å². The first-order chi connectivity index (χ1) is 18.2. The Bertz CT molecular complexity index is 546. The first kappa shape index (κ1) is 31.6. The molecule has 3 rings (SSSR count). The molecule has 0 amide bonds. The molecule has 3 fully saturated rings. The summed E-state index contributed by atoms with van der Waals surface area (Å²) >= 11 is 0. The monoisotopic (exact) mass is 538 g/mol. The van der Waals surface area contributed by atoms with Crippen LogP contribution in [0.4, 0.5) is 0 Å². The first-order valence-corrected chi connectivity index (χ1v) is 18.5. The summed E-state index contributed by atoms with van der Waals surface area (Å²) in [6.07, 6.45) is 25.2. The molecule has 3 aliphatic rings. The van der Waals surface area contributed by atoms with E-state index >= 15 is 0 Å². The fourth-order valence-corrected chi connectivity index (χ4v) is 11.2. The molecule has 0 unspecified atom stereocenters. The van der Waals surface area contributed by atoms with E-state index in [1.54, 1.807) is 0 Å². The Hall–Kier alpha value is 0.0569. The van der Waals surface area contributed by atoms with Gasteiger partial charge in [0, 0.05) is 32.0 Å². The minimum Gasteiger partial charge on any atom is -0.378 e.